The van der Waals surface area contributed by atoms with Gasteiger partial charge in [-0.2, -0.15) is 0 Å². The van der Waals surface area contributed by atoms with Crippen LogP contribution in [-0.4, -0.2) is 21.0 Å². The summed E-state index contributed by atoms with van der Waals surface area (Å²) < 4.78 is 26.7. The van der Waals surface area contributed by atoms with Crippen LogP contribution in [0.25, 0.3) is 22.4 Å². The van der Waals surface area contributed by atoms with E-state index in [1.54, 1.807) is 0 Å². The molecule has 0 fully saturated rings. The van der Waals surface area contributed by atoms with E-state index < -0.39 is 23.2 Å². The molecule has 0 saturated carbocycles. The highest BCUT2D eigenvalue weighted by molar-refractivity contribution is 6.31. The quantitative estimate of drug-likeness (QED) is 0.755. The van der Waals surface area contributed by atoms with Crippen molar-refractivity contribution in [1.29, 1.82) is 0 Å². The smallest absolute Gasteiger partial charge is 0.338 e. The Morgan fingerprint density at radius 3 is 2.62 bits per heavy atom. The van der Waals surface area contributed by atoms with Gasteiger partial charge in [0.25, 0.3) is 0 Å². The summed E-state index contributed by atoms with van der Waals surface area (Å²) in [6.45, 7) is 0. The molecule has 2 aromatic carbocycles. The first-order valence-electron chi connectivity index (χ1n) is 5.83. The van der Waals surface area contributed by atoms with Crippen molar-refractivity contribution >= 4 is 28.6 Å². The van der Waals surface area contributed by atoms with Gasteiger partial charge in [0.2, 0.25) is 0 Å². The number of nitrogens with one attached hydrogen (secondary N) is 1. The fourth-order valence-corrected chi connectivity index (χ4v) is 2.15. The van der Waals surface area contributed by atoms with Gasteiger partial charge >= 0.3 is 5.97 Å². The third kappa shape index (κ3) is 2.34. The molecule has 0 aliphatic heterocycles. The highest BCUT2D eigenvalue weighted by atomic mass is 35.5. The number of rotatable bonds is 2. The number of H-pyrrole nitrogens is 1. The largest absolute Gasteiger partial charge is 0.478 e. The minimum Gasteiger partial charge on any atom is -0.478 e. The molecule has 0 aliphatic rings. The van der Waals surface area contributed by atoms with Crippen molar-refractivity contribution in [2.24, 2.45) is 0 Å². The second-order valence-corrected chi connectivity index (χ2v) is 4.78. The number of aromatic carboxylic acids is 1. The van der Waals surface area contributed by atoms with E-state index in [1.165, 1.54) is 18.2 Å². The molecule has 2 N–H and O–H groups in total. The second kappa shape index (κ2) is 4.82. The van der Waals surface area contributed by atoms with E-state index in [0.717, 1.165) is 12.1 Å². The number of nitrogens with zero attached hydrogens (tertiary/aromatic N) is 1. The summed E-state index contributed by atoms with van der Waals surface area (Å²) in [6, 6.07) is 6.23. The van der Waals surface area contributed by atoms with Gasteiger partial charge in [-0.05, 0) is 24.3 Å². The number of imidazole rings is 1. The number of halogens is 3. The third-order valence-electron chi connectivity index (χ3n) is 2.99. The Labute approximate surface area is 122 Å². The molecule has 0 amide bonds. The number of hydrogen-bond acceptors (Lipinski definition) is 2. The molecule has 7 heteroatoms. The minimum atomic E-state index is -1.37. The van der Waals surface area contributed by atoms with Crippen molar-refractivity contribution in [3.8, 4) is 11.4 Å². The molecular formula is C14H7ClF2N2O2. The Morgan fingerprint density at radius 2 is 1.95 bits per heavy atom. The highest BCUT2D eigenvalue weighted by Crippen LogP contribution is 2.26. The fourth-order valence-electron chi connectivity index (χ4n) is 1.97. The molecule has 106 valence electrons. The normalized spacial score (nSPS) is 11.0. The average molecular weight is 309 g/mol. The Hall–Kier alpha value is -2.47. The van der Waals surface area contributed by atoms with Crippen LogP contribution in [0.1, 0.15) is 10.4 Å². The highest BCUT2D eigenvalue weighted by Gasteiger charge is 2.15. The van der Waals surface area contributed by atoms with Gasteiger partial charge < -0.3 is 10.1 Å². The summed E-state index contributed by atoms with van der Waals surface area (Å²) in [5.74, 6) is -2.45. The van der Waals surface area contributed by atoms with Crippen LogP contribution in [-0.2, 0) is 0 Å². The molecule has 4 nitrogen and oxygen atoms in total. The molecule has 0 atom stereocenters. The summed E-state index contributed by atoms with van der Waals surface area (Å²) in [6.07, 6.45) is 0. The molecule has 1 aromatic heterocycles. The van der Waals surface area contributed by atoms with E-state index >= 15 is 0 Å². The van der Waals surface area contributed by atoms with Crippen molar-refractivity contribution in [3.05, 3.63) is 52.6 Å². The summed E-state index contributed by atoms with van der Waals surface area (Å²) in [4.78, 5) is 17.9. The number of carboxylic acid groups (broad SMARTS) is 1. The lowest BCUT2D eigenvalue weighted by atomic mass is 10.2. The Bertz CT molecular complexity index is 877. The minimum absolute atomic E-state index is 0.0645. The number of aromatic amines is 1. The summed E-state index contributed by atoms with van der Waals surface area (Å²) in [5.41, 5.74) is 0.685. The molecule has 3 rings (SSSR count). The lowest BCUT2D eigenvalue weighted by molar-refractivity contribution is 0.0692. The van der Waals surface area contributed by atoms with E-state index in [0.29, 0.717) is 22.4 Å². The molecule has 21 heavy (non-hydrogen) atoms. The number of hydrogen-bond donors (Lipinski definition) is 2. The zero-order chi connectivity index (χ0) is 15.1. The van der Waals surface area contributed by atoms with Crippen LogP contribution in [0, 0.1) is 11.6 Å². The first-order chi connectivity index (χ1) is 9.95. The van der Waals surface area contributed by atoms with E-state index in [9.17, 15) is 13.6 Å². The van der Waals surface area contributed by atoms with Crippen LogP contribution in [0.15, 0.2) is 30.3 Å². The van der Waals surface area contributed by atoms with E-state index in [4.69, 9.17) is 16.7 Å². The van der Waals surface area contributed by atoms with E-state index in [1.807, 2.05) is 0 Å². The Morgan fingerprint density at radius 1 is 1.19 bits per heavy atom. The fraction of sp³-hybridized carbons (Fsp3) is 0. The van der Waals surface area contributed by atoms with Gasteiger partial charge in [0, 0.05) is 11.6 Å². The molecule has 0 aliphatic carbocycles. The number of fused-ring (bicyclic) bond motifs is 1. The van der Waals surface area contributed by atoms with Gasteiger partial charge in [-0.15, -0.1) is 0 Å². The SMILES string of the molecule is O=C(O)c1cc2nc(-c3ccc(F)c(Cl)c3)[nH]c2cc1F. The number of benzene rings is 2. The lowest BCUT2D eigenvalue weighted by Gasteiger charge is -1.98. The first kappa shape index (κ1) is 13.5. The molecule has 0 unspecified atom stereocenters. The predicted molar refractivity (Wildman–Crippen MR) is 73.4 cm³/mol. The lowest BCUT2D eigenvalue weighted by Crippen LogP contribution is -1.99. The van der Waals surface area contributed by atoms with E-state index in [2.05, 4.69) is 9.97 Å². The monoisotopic (exact) mass is 308 g/mol. The van der Waals surface area contributed by atoms with Crippen molar-refractivity contribution in [2.75, 3.05) is 0 Å². The van der Waals surface area contributed by atoms with Crippen LogP contribution in [0.5, 0.6) is 0 Å². The molecule has 0 spiro atoms. The van der Waals surface area contributed by atoms with Gasteiger partial charge in [0.15, 0.2) is 0 Å². The maximum absolute atomic E-state index is 13.6. The standard InChI is InChI=1S/C14H7ClF2N2O2/c15-8-3-6(1-2-9(8)16)13-18-11-4-7(14(20)21)10(17)5-12(11)19-13/h1-5H,(H,18,19)(H,20,21). The zero-order valence-corrected chi connectivity index (χ0v) is 11.1. The van der Waals surface area contributed by atoms with Gasteiger partial charge in [-0.1, -0.05) is 11.6 Å². The second-order valence-electron chi connectivity index (χ2n) is 4.37. The van der Waals surface area contributed by atoms with Crippen molar-refractivity contribution in [3.63, 3.8) is 0 Å². The Balaban J connectivity index is 2.16. The first-order valence-corrected chi connectivity index (χ1v) is 6.21. The van der Waals surface area contributed by atoms with Crippen molar-refractivity contribution in [1.82, 2.24) is 9.97 Å². The maximum Gasteiger partial charge on any atom is 0.338 e. The average Bonchev–Trinajstić information content (AvgIpc) is 2.83. The number of aromatic nitrogens is 2. The van der Waals surface area contributed by atoms with Crippen LogP contribution in [0.2, 0.25) is 5.02 Å². The van der Waals surface area contributed by atoms with Crippen molar-refractivity contribution < 1.29 is 18.7 Å². The van der Waals surface area contributed by atoms with Crippen molar-refractivity contribution in [2.45, 2.75) is 0 Å². The van der Waals surface area contributed by atoms with Gasteiger partial charge in [-0.25, -0.2) is 18.6 Å². The van der Waals surface area contributed by atoms with Gasteiger partial charge in [-0.3, -0.25) is 0 Å². The van der Waals surface area contributed by atoms with Crippen LogP contribution in [0.3, 0.4) is 0 Å². The predicted octanol–water partition coefficient (Wildman–Crippen LogP) is 3.86. The molecular weight excluding hydrogens is 302 g/mol. The maximum atomic E-state index is 13.6. The summed E-state index contributed by atoms with van der Waals surface area (Å²) in [7, 11) is 0. The molecule has 0 saturated heterocycles. The molecule has 3 aromatic rings. The molecule has 0 radical (unpaired) electrons. The number of carbonyl (C=O) groups is 1. The van der Waals surface area contributed by atoms with Gasteiger partial charge in [0.05, 0.1) is 21.6 Å². The molecule has 1 heterocycles. The third-order valence-corrected chi connectivity index (χ3v) is 3.28. The van der Waals surface area contributed by atoms with E-state index in [-0.39, 0.29) is 5.02 Å². The van der Waals surface area contributed by atoms with Crippen LogP contribution >= 0.6 is 11.6 Å². The Kier molecular flexibility index (Phi) is 3.10. The summed E-state index contributed by atoms with van der Waals surface area (Å²) >= 11 is 5.70. The van der Waals surface area contributed by atoms with Gasteiger partial charge in [0.1, 0.15) is 17.5 Å². The topological polar surface area (TPSA) is 66.0 Å². The van der Waals surface area contributed by atoms with Crippen LogP contribution < -0.4 is 0 Å². The van der Waals surface area contributed by atoms with Crippen LogP contribution in [0.4, 0.5) is 8.78 Å². The summed E-state index contributed by atoms with van der Waals surface area (Å²) in [5, 5.41) is 8.81. The zero-order valence-electron chi connectivity index (χ0n) is 10.3. The number of carboxylic acids is 1. The molecule has 0 bridgehead atoms.